The first-order chi connectivity index (χ1) is 39.8. The number of amides is 1. The summed E-state index contributed by atoms with van der Waals surface area (Å²) in [7, 11) is 0. The summed E-state index contributed by atoms with van der Waals surface area (Å²) in [6, 6.07) is -0.833. The van der Waals surface area contributed by atoms with Crippen LogP contribution in [0.2, 0.25) is 0 Å². The molecule has 0 aromatic rings. The Balaban J connectivity index is 2.18. The zero-order valence-corrected chi connectivity index (χ0v) is 52.8. The van der Waals surface area contributed by atoms with Crippen LogP contribution in [-0.2, 0) is 14.3 Å². The second-order valence-electron chi connectivity index (χ2n) is 24.0. The highest BCUT2D eigenvalue weighted by Crippen LogP contribution is 2.23. The minimum atomic E-state index is -1.58. The molecular formula is C72H131NO8. The Morgan fingerprint density at radius 3 is 1.12 bits per heavy atom. The van der Waals surface area contributed by atoms with Gasteiger partial charge in [0.05, 0.1) is 25.4 Å². The number of aliphatic hydroxyl groups excluding tert-OH is 5. The summed E-state index contributed by atoms with van der Waals surface area (Å²) in [4.78, 5) is 13.1. The summed E-state index contributed by atoms with van der Waals surface area (Å²) in [6.45, 7) is 3.78. The lowest BCUT2D eigenvalue weighted by atomic mass is 9.99. The average Bonchev–Trinajstić information content (AvgIpc) is 3.51. The van der Waals surface area contributed by atoms with Crippen LogP contribution in [0.3, 0.4) is 0 Å². The number of rotatable bonds is 60. The van der Waals surface area contributed by atoms with Gasteiger partial charge in [-0.25, -0.2) is 0 Å². The van der Waals surface area contributed by atoms with Gasteiger partial charge in [-0.1, -0.05) is 305 Å². The Hall–Kier alpha value is -2.37. The summed E-state index contributed by atoms with van der Waals surface area (Å²) in [6.07, 6.45) is 78.6. The van der Waals surface area contributed by atoms with Crippen LogP contribution in [-0.4, -0.2) is 87.5 Å². The number of unbranched alkanes of at least 4 members (excludes halogenated alkanes) is 40. The van der Waals surface area contributed by atoms with E-state index in [1.807, 2.05) is 6.08 Å². The second kappa shape index (κ2) is 60.7. The highest BCUT2D eigenvalue weighted by molar-refractivity contribution is 5.76. The van der Waals surface area contributed by atoms with E-state index in [1.165, 1.54) is 244 Å². The van der Waals surface area contributed by atoms with E-state index in [4.69, 9.17) is 9.47 Å². The molecule has 0 spiro atoms. The molecule has 7 atom stereocenters. The lowest BCUT2D eigenvalue weighted by molar-refractivity contribution is -0.302. The smallest absolute Gasteiger partial charge is 0.220 e. The molecule has 1 aliphatic rings. The Morgan fingerprint density at radius 2 is 0.741 bits per heavy atom. The van der Waals surface area contributed by atoms with Crippen LogP contribution < -0.4 is 5.32 Å². The first kappa shape index (κ1) is 76.6. The Bertz CT molecular complexity index is 1510. The van der Waals surface area contributed by atoms with Gasteiger partial charge in [-0.2, -0.15) is 0 Å². The third-order valence-corrected chi connectivity index (χ3v) is 16.2. The van der Waals surface area contributed by atoms with Crippen molar-refractivity contribution in [2.24, 2.45) is 0 Å². The maximum Gasteiger partial charge on any atom is 0.220 e. The number of hydrogen-bond acceptors (Lipinski definition) is 8. The number of hydrogen-bond donors (Lipinski definition) is 6. The van der Waals surface area contributed by atoms with Gasteiger partial charge in [0, 0.05) is 6.42 Å². The molecule has 9 nitrogen and oxygen atoms in total. The van der Waals surface area contributed by atoms with Crippen molar-refractivity contribution < 1.29 is 39.8 Å². The molecule has 1 rings (SSSR count). The molecular weight excluding hydrogens is 1010 g/mol. The molecule has 7 unspecified atom stereocenters. The van der Waals surface area contributed by atoms with Crippen molar-refractivity contribution in [3.05, 3.63) is 72.9 Å². The van der Waals surface area contributed by atoms with Crippen LogP contribution >= 0.6 is 0 Å². The van der Waals surface area contributed by atoms with Crippen molar-refractivity contribution in [1.82, 2.24) is 5.32 Å². The molecule has 0 aromatic heterocycles. The van der Waals surface area contributed by atoms with E-state index >= 15 is 0 Å². The van der Waals surface area contributed by atoms with Crippen molar-refractivity contribution in [2.45, 2.75) is 365 Å². The van der Waals surface area contributed by atoms with Crippen LogP contribution in [0.4, 0.5) is 0 Å². The summed E-state index contributed by atoms with van der Waals surface area (Å²) < 4.78 is 11.3. The molecule has 9 heteroatoms. The predicted molar refractivity (Wildman–Crippen MR) is 345 cm³/mol. The van der Waals surface area contributed by atoms with Crippen molar-refractivity contribution in [3.63, 3.8) is 0 Å². The fourth-order valence-corrected chi connectivity index (χ4v) is 10.8. The van der Waals surface area contributed by atoms with Crippen molar-refractivity contribution >= 4 is 5.91 Å². The van der Waals surface area contributed by atoms with Crippen LogP contribution in [0, 0.1) is 0 Å². The second-order valence-corrected chi connectivity index (χ2v) is 24.0. The van der Waals surface area contributed by atoms with Crippen molar-refractivity contribution in [3.8, 4) is 0 Å². The number of carbonyl (C=O) groups is 1. The van der Waals surface area contributed by atoms with Crippen LogP contribution in [0.25, 0.3) is 0 Å². The van der Waals surface area contributed by atoms with E-state index in [-0.39, 0.29) is 12.5 Å². The lowest BCUT2D eigenvalue weighted by Gasteiger charge is -2.40. The van der Waals surface area contributed by atoms with Gasteiger partial charge >= 0.3 is 0 Å². The number of nitrogens with one attached hydrogen (secondary N) is 1. The molecule has 0 saturated carbocycles. The number of allylic oxidation sites excluding steroid dienone is 11. The summed E-state index contributed by atoms with van der Waals surface area (Å²) >= 11 is 0. The van der Waals surface area contributed by atoms with Gasteiger partial charge in [-0.05, 0) is 83.5 Å². The summed E-state index contributed by atoms with van der Waals surface area (Å²) in [5.41, 5.74) is 0. The quantitative estimate of drug-likeness (QED) is 0.0261. The molecule has 472 valence electrons. The van der Waals surface area contributed by atoms with Crippen LogP contribution in [0.5, 0.6) is 0 Å². The Morgan fingerprint density at radius 1 is 0.420 bits per heavy atom. The zero-order chi connectivity index (χ0) is 58.6. The minimum absolute atomic E-state index is 0.190. The van der Waals surface area contributed by atoms with E-state index in [9.17, 15) is 30.3 Å². The molecule has 1 heterocycles. The van der Waals surface area contributed by atoms with Gasteiger partial charge in [0.2, 0.25) is 5.91 Å². The first-order valence-corrected chi connectivity index (χ1v) is 34.7. The van der Waals surface area contributed by atoms with Gasteiger partial charge in [0.15, 0.2) is 6.29 Å². The molecule has 6 N–H and O–H groups in total. The molecule has 1 saturated heterocycles. The molecule has 81 heavy (non-hydrogen) atoms. The largest absolute Gasteiger partial charge is 0.394 e. The van der Waals surface area contributed by atoms with E-state index in [0.717, 1.165) is 57.8 Å². The number of aliphatic hydroxyl groups is 5. The minimum Gasteiger partial charge on any atom is -0.394 e. The first-order valence-electron chi connectivity index (χ1n) is 34.7. The lowest BCUT2D eigenvalue weighted by Crippen LogP contribution is -2.60. The summed E-state index contributed by atoms with van der Waals surface area (Å²) in [5.74, 6) is -0.190. The highest BCUT2D eigenvalue weighted by Gasteiger charge is 2.44. The topological polar surface area (TPSA) is 149 Å². The van der Waals surface area contributed by atoms with E-state index in [1.54, 1.807) is 6.08 Å². The third-order valence-electron chi connectivity index (χ3n) is 16.2. The van der Waals surface area contributed by atoms with E-state index < -0.39 is 49.5 Å². The van der Waals surface area contributed by atoms with Crippen LogP contribution in [0.1, 0.15) is 322 Å². The van der Waals surface area contributed by atoms with Gasteiger partial charge in [-0.3, -0.25) is 4.79 Å². The monoisotopic (exact) mass is 1140 g/mol. The van der Waals surface area contributed by atoms with Crippen molar-refractivity contribution in [2.75, 3.05) is 13.2 Å². The van der Waals surface area contributed by atoms with Gasteiger partial charge in [-0.15, -0.1) is 0 Å². The number of ether oxygens (including phenoxy) is 2. The van der Waals surface area contributed by atoms with Gasteiger partial charge in [0.25, 0.3) is 0 Å². The molecule has 1 aliphatic heterocycles. The van der Waals surface area contributed by atoms with Crippen molar-refractivity contribution in [1.29, 1.82) is 0 Å². The number of carbonyl (C=O) groups excluding carboxylic acids is 1. The fraction of sp³-hybridized carbons (Fsp3) is 0.819. The fourth-order valence-electron chi connectivity index (χ4n) is 10.8. The molecule has 0 aliphatic carbocycles. The van der Waals surface area contributed by atoms with Gasteiger partial charge < -0.3 is 40.3 Å². The molecule has 0 radical (unpaired) electrons. The third kappa shape index (κ3) is 49.6. The van der Waals surface area contributed by atoms with Crippen LogP contribution in [0.15, 0.2) is 72.9 Å². The zero-order valence-electron chi connectivity index (χ0n) is 52.8. The predicted octanol–water partition coefficient (Wildman–Crippen LogP) is 18.8. The molecule has 0 bridgehead atoms. The van der Waals surface area contributed by atoms with E-state index in [2.05, 4.69) is 79.9 Å². The maximum atomic E-state index is 13.1. The summed E-state index contributed by atoms with van der Waals surface area (Å²) in [5, 5.41) is 54.7. The van der Waals surface area contributed by atoms with Gasteiger partial charge in [0.1, 0.15) is 24.4 Å². The standard InChI is InChI=1S/C72H131NO8/c1-3-5-7-9-11-13-15-17-19-21-23-25-27-29-31-33-35-37-39-41-43-45-47-49-51-53-55-57-59-61-66(75)65(64-80-72-71(79)70(78)69(77)67(63-74)81-72)73-68(76)62-60-58-56-54-52-50-48-46-44-42-40-38-36-34-32-30-28-26-24-22-20-18-16-14-12-10-8-6-4-2/h16,18,22,24,28,30,43,45,51,53,59,61,65-67,69-72,74-75,77-79H,3-15,17,19-21,23,25-27,29,31-42,44,46-50,52,54-58,60,62-64H2,1-2H3,(H,73,76)/b18-16-,24-22-,30-28-,45-43+,53-51+,61-59+. The maximum absolute atomic E-state index is 13.1. The van der Waals surface area contributed by atoms with E-state index in [0.29, 0.717) is 6.42 Å². The highest BCUT2D eigenvalue weighted by atomic mass is 16.7. The molecule has 1 amide bonds. The molecule has 1 fully saturated rings. The molecule has 0 aromatic carbocycles. The SMILES string of the molecule is CCCCCCC/C=C\C/C=C\C/C=C\CCCCCCCCCCCCCCCCC(=O)NC(COC1OC(CO)C(O)C(O)C1O)C(O)/C=C/CC/C=C/CC/C=C/CCCCCCCCCCCCCCCCCCCCC. The Labute approximate surface area is 499 Å². The normalized spacial score (nSPS) is 18.8. The average molecular weight is 1140 g/mol. The Kier molecular flexibility index (Phi) is 57.5.